The van der Waals surface area contributed by atoms with Gasteiger partial charge < -0.3 is 9.88 Å². The summed E-state index contributed by atoms with van der Waals surface area (Å²) in [4.78, 5) is 4.07. The SMILES string of the molecule is CCCNC(c1ccn(Cc2ccncc2)c1)C1CC1. The molecule has 0 radical (unpaired) electrons. The predicted molar refractivity (Wildman–Crippen MR) is 81.5 cm³/mol. The van der Waals surface area contributed by atoms with Crippen LogP contribution in [0.25, 0.3) is 0 Å². The van der Waals surface area contributed by atoms with Crippen molar-refractivity contribution in [2.24, 2.45) is 5.92 Å². The lowest BCUT2D eigenvalue weighted by Crippen LogP contribution is -2.23. The number of pyridine rings is 1. The molecule has 1 aliphatic rings. The van der Waals surface area contributed by atoms with Gasteiger partial charge in [0, 0.05) is 37.4 Å². The molecule has 0 amide bonds. The van der Waals surface area contributed by atoms with Crippen molar-refractivity contribution in [2.45, 2.75) is 38.8 Å². The van der Waals surface area contributed by atoms with Gasteiger partial charge in [-0.05, 0) is 61.1 Å². The van der Waals surface area contributed by atoms with Crippen LogP contribution < -0.4 is 5.32 Å². The summed E-state index contributed by atoms with van der Waals surface area (Å²) in [5, 5.41) is 3.70. The summed E-state index contributed by atoms with van der Waals surface area (Å²) in [7, 11) is 0. The molecule has 0 spiro atoms. The van der Waals surface area contributed by atoms with Gasteiger partial charge in [-0.15, -0.1) is 0 Å². The van der Waals surface area contributed by atoms with Gasteiger partial charge >= 0.3 is 0 Å². The van der Waals surface area contributed by atoms with Crippen molar-refractivity contribution < 1.29 is 0 Å². The Kier molecular flexibility index (Phi) is 4.16. The maximum atomic E-state index is 4.07. The van der Waals surface area contributed by atoms with Gasteiger partial charge in [-0.3, -0.25) is 4.98 Å². The zero-order valence-corrected chi connectivity index (χ0v) is 12.1. The zero-order valence-electron chi connectivity index (χ0n) is 12.1. The summed E-state index contributed by atoms with van der Waals surface area (Å²) in [6, 6.07) is 6.97. The fraction of sp³-hybridized carbons (Fsp3) is 0.471. The van der Waals surface area contributed by atoms with Gasteiger partial charge in [-0.2, -0.15) is 0 Å². The average molecular weight is 269 g/mol. The topological polar surface area (TPSA) is 29.9 Å². The van der Waals surface area contributed by atoms with Gasteiger partial charge in [0.25, 0.3) is 0 Å². The molecular formula is C17H23N3. The molecule has 2 aromatic rings. The van der Waals surface area contributed by atoms with Crippen LogP contribution in [0, 0.1) is 5.92 Å². The molecule has 0 saturated heterocycles. The number of aromatic nitrogens is 2. The van der Waals surface area contributed by atoms with E-state index in [9.17, 15) is 0 Å². The molecule has 2 aromatic heterocycles. The molecule has 0 bridgehead atoms. The van der Waals surface area contributed by atoms with E-state index >= 15 is 0 Å². The molecular weight excluding hydrogens is 246 g/mol. The zero-order chi connectivity index (χ0) is 13.8. The Labute approximate surface area is 121 Å². The molecule has 1 unspecified atom stereocenters. The Morgan fingerprint density at radius 1 is 1.30 bits per heavy atom. The van der Waals surface area contributed by atoms with Gasteiger partial charge in [-0.25, -0.2) is 0 Å². The first-order valence-corrected chi connectivity index (χ1v) is 7.65. The van der Waals surface area contributed by atoms with Crippen LogP contribution in [0.1, 0.15) is 43.4 Å². The molecule has 1 saturated carbocycles. The minimum Gasteiger partial charge on any atom is -0.350 e. The summed E-state index contributed by atoms with van der Waals surface area (Å²) in [6.45, 7) is 4.26. The first-order valence-electron chi connectivity index (χ1n) is 7.65. The van der Waals surface area contributed by atoms with Crippen molar-refractivity contribution in [3.05, 3.63) is 54.1 Å². The second-order valence-corrected chi connectivity index (χ2v) is 5.74. The van der Waals surface area contributed by atoms with Crippen LogP contribution in [0.4, 0.5) is 0 Å². The molecule has 1 fully saturated rings. The summed E-state index contributed by atoms with van der Waals surface area (Å²) >= 11 is 0. The van der Waals surface area contributed by atoms with Gasteiger partial charge in [0.1, 0.15) is 0 Å². The molecule has 1 aliphatic carbocycles. The van der Waals surface area contributed by atoms with Crippen molar-refractivity contribution in [3.63, 3.8) is 0 Å². The third kappa shape index (κ3) is 3.28. The first-order chi connectivity index (χ1) is 9.86. The monoisotopic (exact) mass is 269 g/mol. The van der Waals surface area contributed by atoms with E-state index in [0.717, 1.165) is 19.0 Å². The van der Waals surface area contributed by atoms with Crippen LogP contribution in [0.5, 0.6) is 0 Å². The van der Waals surface area contributed by atoms with Crippen molar-refractivity contribution in [1.29, 1.82) is 0 Å². The van der Waals surface area contributed by atoms with E-state index in [4.69, 9.17) is 0 Å². The van der Waals surface area contributed by atoms with Gasteiger partial charge in [0.15, 0.2) is 0 Å². The van der Waals surface area contributed by atoms with Crippen LogP contribution in [0.15, 0.2) is 43.0 Å². The van der Waals surface area contributed by atoms with E-state index in [2.05, 4.69) is 52.4 Å². The number of hydrogen-bond acceptors (Lipinski definition) is 2. The Morgan fingerprint density at radius 2 is 2.10 bits per heavy atom. The Balaban J connectivity index is 1.68. The molecule has 3 rings (SSSR count). The maximum Gasteiger partial charge on any atom is 0.0471 e. The summed E-state index contributed by atoms with van der Waals surface area (Å²) in [5.41, 5.74) is 2.74. The molecule has 20 heavy (non-hydrogen) atoms. The molecule has 2 heterocycles. The van der Waals surface area contributed by atoms with Crippen molar-refractivity contribution in [2.75, 3.05) is 6.54 Å². The molecule has 106 valence electrons. The third-order valence-electron chi connectivity index (χ3n) is 3.95. The summed E-state index contributed by atoms with van der Waals surface area (Å²) in [6.07, 6.45) is 12.1. The Morgan fingerprint density at radius 3 is 2.80 bits per heavy atom. The Hall–Kier alpha value is -1.61. The van der Waals surface area contributed by atoms with Gasteiger partial charge in [0.2, 0.25) is 0 Å². The van der Waals surface area contributed by atoms with Crippen LogP contribution in [0.3, 0.4) is 0 Å². The maximum absolute atomic E-state index is 4.07. The molecule has 0 aliphatic heterocycles. The van der Waals surface area contributed by atoms with Crippen molar-refractivity contribution in [3.8, 4) is 0 Å². The number of nitrogens with one attached hydrogen (secondary N) is 1. The number of nitrogens with zero attached hydrogens (tertiary/aromatic N) is 2. The quantitative estimate of drug-likeness (QED) is 0.835. The standard InChI is InChI=1S/C17H23N3/c1-2-8-19-17(15-3-4-15)16-7-11-20(13-16)12-14-5-9-18-10-6-14/h5-7,9-11,13,15,17,19H,2-4,8,12H2,1H3. The van der Waals surface area contributed by atoms with Crippen LogP contribution in [0.2, 0.25) is 0 Å². The van der Waals surface area contributed by atoms with E-state index in [-0.39, 0.29) is 0 Å². The molecule has 3 heteroatoms. The molecule has 1 N–H and O–H groups in total. The van der Waals surface area contributed by atoms with Crippen molar-refractivity contribution >= 4 is 0 Å². The largest absolute Gasteiger partial charge is 0.350 e. The van der Waals surface area contributed by atoms with Gasteiger partial charge in [0.05, 0.1) is 0 Å². The predicted octanol–water partition coefficient (Wildman–Crippen LogP) is 3.38. The van der Waals surface area contributed by atoms with E-state index in [1.807, 2.05) is 12.4 Å². The van der Waals surface area contributed by atoms with Gasteiger partial charge in [-0.1, -0.05) is 6.92 Å². The lowest BCUT2D eigenvalue weighted by molar-refractivity contribution is 0.480. The molecule has 1 atom stereocenters. The van der Waals surface area contributed by atoms with E-state index < -0.39 is 0 Å². The van der Waals surface area contributed by atoms with Crippen molar-refractivity contribution in [1.82, 2.24) is 14.9 Å². The van der Waals surface area contributed by atoms with E-state index in [0.29, 0.717) is 6.04 Å². The minimum atomic E-state index is 0.550. The lowest BCUT2D eigenvalue weighted by Gasteiger charge is -2.16. The fourth-order valence-electron chi connectivity index (χ4n) is 2.73. The summed E-state index contributed by atoms with van der Waals surface area (Å²) < 4.78 is 2.27. The fourth-order valence-corrected chi connectivity index (χ4v) is 2.73. The summed E-state index contributed by atoms with van der Waals surface area (Å²) in [5.74, 6) is 0.846. The lowest BCUT2D eigenvalue weighted by atomic mass is 10.1. The van der Waals surface area contributed by atoms with Crippen LogP contribution in [-0.2, 0) is 6.54 Å². The smallest absolute Gasteiger partial charge is 0.0471 e. The van der Waals surface area contributed by atoms with E-state index in [1.165, 1.54) is 30.4 Å². The molecule has 0 aromatic carbocycles. The highest BCUT2D eigenvalue weighted by atomic mass is 15.0. The van der Waals surface area contributed by atoms with Crippen LogP contribution >= 0.6 is 0 Å². The number of hydrogen-bond donors (Lipinski definition) is 1. The number of rotatable bonds is 7. The normalized spacial score (nSPS) is 16.2. The van der Waals surface area contributed by atoms with E-state index in [1.54, 1.807) is 0 Å². The Bertz CT molecular complexity index is 528. The third-order valence-corrected chi connectivity index (χ3v) is 3.95. The average Bonchev–Trinajstić information content (AvgIpc) is 3.21. The highest BCUT2D eigenvalue weighted by molar-refractivity contribution is 5.20. The first kappa shape index (κ1) is 13.4. The highest BCUT2D eigenvalue weighted by Crippen LogP contribution is 2.41. The second kappa shape index (κ2) is 6.23. The minimum absolute atomic E-state index is 0.550. The van der Waals surface area contributed by atoms with Crippen LogP contribution in [-0.4, -0.2) is 16.1 Å². The second-order valence-electron chi connectivity index (χ2n) is 5.74. The highest BCUT2D eigenvalue weighted by Gasteiger charge is 2.32. The molecule has 3 nitrogen and oxygen atoms in total.